The van der Waals surface area contributed by atoms with Gasteiger partial charge < -0.3 is 20.1 Å². The van der Waals surface area contributed by atoms with E-state index in [-0.39, 0.29) is 18.1 Å². The zero-order valence-corrected chi connectivity index (χ0v) is 22.2. The van der Waals surface area contributed by atoms with Gasteiger partial charge in [-0.3, -0.25) is 14.6 Å². The molecule has 0 saturated heterocycles. The average Bonchev–Trinajstić information content (AvgIpc) is 3.08. The quantitative estimate of drug-likeness (QED) is 0.339. The predicted octanol–water partition coefficient (Wildman–Crippen LogP) is 4.71. The number of nitrogens with zero attached hydrogens (tertiary/aromatic N) is 3. The Morgan fingerprint density at radius 1 is 1.15 bits per heavy atom. The summed E-state index contributed by atoms with van der Waals surface area (Å²) in [5.41, 5.74) is 3.20. The van der Waals surface area contributed by atoms with Crippen LogP contribution in [-0.4, -0.2) is 40.8 Å². The van der Waals surface area contributed by atoms with E-state index in [0.717, 1.165) is 23.4 Å². The monoisotopic (exact) mass is 559 g/mol. The number of methoxy groups -OCH3 is 1. The lowest BCUT2D eigenvalue weighted by molar-refractivity contribution is -0.117. The number of ether oxygens (including phenoxy) is 2. The SMILES string of the molecule is COc1cc(C)cc(Cl)c1C1=NC(NC(=O)c2cc(F)cnc2OCc2cccnc2)C(=O)Nc2ccccc21. The molecule has 1 atom stereocenters. The van der Waals surface area contributed by atoms with E-state index in [0.29, 0.717) is 33.3 Å². The summed E-state index contributed by atoms with van der Waals surface area (Å²) in [4.78, 5) is 39.2. The molecule has 1 aliphatic heterocycles. The first-order valence-electron chi connectivity index (χ1n) is 12.1. The second-order valence-electron chi connectivity index (χ2n) is 8.87. The highest BCUT2D eigenvalue weighted by Gasteiger charge is 2.30. The molecule has 1 aliphatic rings. The number of carbonyl (C=O) groups excluding carboxylic acids is 2. The van der Waals surface area contributed by atoms with Crippen LogP contribution in [0.2, 0.25) is 5.02 Å². The maximum atomic E-state index is 14.2. The van der Waals surface area contributed by atoms with E-state index in [4.69, 9.17) is 21.1 Å². The van der Waals surface area contributed by atoms with Crippen molar-refractivity contribution in [3.8, 4) is 11.6 Å². The van der Waals surface area contributed by atoms with E-state index in [1.807, 2.05) is 6.92 Å². The van der Waals surface area contributed by atoms with Gasteiger partial charge in [-0.1, -0.05) is 35.9 Å². The molecule has 11 heteroatoms. The second-order valence-corrected chi connectivity index (χ2v) is 9.28. The second kappa shape index (κ2) is 11.5. The molecule has 2 aromatic carbocycles. The van der Waals surface area contributed by atoms with E-state index >= 15 is 0 Å². The summed E-state index contributed by atoms with van der Waals surface area (Å²) in [6.45, 7) is 1.91. The molecule has 0 radical (unpaired) electrons. The van der Waals surface area contributed by atoms with Gasteiger partial charge in [0, 0.05) is 23.5 Å². The molecule has 2 aromatic heterocycles. The molecule has 0 aliphatic carbocycles. The van der Waals surface area contributed by atoms with E-state index in [2.05, 4.69) is 25.6 Å². The number of amides is 2. The van der Waals surface area contributed by atoms with Crippen molar-refractivity contribution >= 4 is 34.8 Å². The molecule has 3 heterocycles. The van der Waals surface area contributed by atoms with E-state index in [1.165, 1.54) is 7.11 Å². The van der Waals surface area contributed by atoms with Gasteiger partial charge in [-0.25, -0.2) is 14.4 Å². The van der Waals surface area contributed by atoms with E-state index in [1.54, 1.807) is 60.9 Å². The van der Waals surface area contributed by atoms with Crippen molar-refractivity contribution in [2.45, 2.75) is 19.7 Å². The minimum atomic E-state index is -1.41. The third-order valence-electron chi connectivity index (χ3n) is 6.03. The van der Waals surface area contributed by atoms with Gasteiger partial charge in [0.05, 0.1) is 35.3 Å². The van der Waals surface area contributed by atoms with Crippen molar-refractivity contribution in [3.05, 3.63) is 112 Å². The van der Waals surface area contributed by atoms with Crippen LogP contribution < -0.4 is 20.1 Å². The van der Waals surface area contributed by atoms with Crippen LogP contribution >= 0.6 is 11.6 Å². The Labute approximate surface area is 234 Å². The Balaban J connectivity index is 1.52. The third kappa shape index (κ3) is 5.62. The number of nitrogens with one attached hydrogen (secondary N) is 2. The van der Waals surface area contributed by atoms with Gasteiger partial charge in [0.1, 0.15) is 23.7 Å². The third-order valence-corrected chi connectivity index (χ3v) is 6.33. The smallest absolute Gasteiger partial charge is 0.269 e. The minimum absolute atomic E-state index is 0.0417. The topological polar surface area (TPSA) is 115 Å². The Hall–Kier alpha value is -4.83. The molecule has 0 bridgehead atoms. The molecule has 40 heavy (non-hydrogen) atoms. The number of aliphatic imine (C=N–C) groups is 1. The number of para-hydroxylation sites is 1. The summed E-state index contributed by atoms with van der Waals surface area (Å²) < 4.78 is 25.5. The van der Waals surface area contributed by atoms with E-state index < -0.39 is 23.8 Å². The number of hydrogen-bond acceptors (Lipinski definition) is 7. The number of rotatable bonds is 7. The zero-order chi connectivity index (χ0) is 28.2. The van der Waals surface area contributed by atoms with Gasteiger partial charge in [-0.05, 0) is 42.8 Å². The van der Waals surface area contributed by atoms with Crippen molar-refractivity contribution in [1.29, 1.82) is 0 Å². The fourth-order valence-electron chi connectivity index (χ4n) is 4.20. The van der Waals surface area contributed by atoms with Crippen LogP contribution in [0.5, 0.6) is 11.6 Å². The van der Waals surface area contributed by atoms with Crippen molar-refractivity contribution in [2.24, 2.45) is 4.99 Å². The highest BCUT2D eigenvalue weighted by atomic mass is 35.5. The van der Waals surface area contributed by atoms with Crippen LogP contribution in [0.25, 0.3) is 0 Å². The molecule has 0 saturated carbocycles. The standard InChI is InChI=1S/C29H23ClFN5O4/c1-16-10-21(30)24(23(11-16)39-2)25-19-7-3-4-8-22(19)34-28(38)26(35-25)36-27(37)20-12-18(31)14-33-29(20)40-15-17-6-5-9-32-13-17/h3-14,26H,15H2,1-2H3,(H,34,38)(H,36,37). The number of anilines is 1. The lowest BCUT2D eigenvalue weighted by atomic mass is 9.98. The number of fused-ring (bicyclic) bond motifs is 1. The highest BCUT2D eigenvalue weighted by molar-refractivity contribution is 6.37. The van der Waals surface area contributed by atoms with Crippen molar-refractivity contribution in [1.82, 2.24) is 15.3 Å². The minimum Gasteiger partial charge on any atom is -0.496 e. The summed E-state index contributed by atoms with van der Waals surface area (Å²) in [5.74, 6) is -1.85. The number of halogens is 2. The highest BCUT2D eigenvalue weighted by Crippen LogP contribution is 2.34. The van der Waals surface area contributed by atoms with Gasteiger partial charge in [0.25, 0.3) is 11.8 Å². The van der Waals surface area contributed by atoms with E-state index in [9.17, 15) is 14.0 Å². The number of pyridine rings is 2. The molecule has 0 spiro atoms. The average molecular weight is 560 g/mol. The Morgan fingerprint density at radius 3 is 2.75 bits per heavy atom. The summed E-state index contributed by atoms with van der Waals surface area (Å²) in [6, 6.07) is 15.1. The molecule has 2 amide bonds. The van der Waals surface area contributed by atoms with Crippen LogP contribution in [0.1, 0.15) is 32.6 Å². The van der Waals surface area contributed by atoms with Gasteiger partial charge in [0.15, 0.2) is 0 Å². The van der Waals surface area contributed by atoms with Crippen LogP contribution in [0.4, 0.5) is 10.1 Å². The summed E-state index contributed by atoms with van der Waals surface area (Å²) in [5, 5.41) is 5.71. The molecule has 5 rings (SSSR count). The van der Waals surface area contributed by atoms with Gasteiger partial charge in [-0.15, -0.1) is 0 Å². The van der Waals surface area contributed by atoms with Crippen LogP contribution in [-0.2, 0) is 11.4 Å². The van der Waals surface area contributed by atoms with Crippen LogP contribution in [0, 0.1) is 12.7 Å². The molecule has 9 nitrogen and oxygen atoms in total. The fourth-order valence-corrected chi connectivity index (χ4v) is 4.55. The van der Waals surface area contributed by atoms with Crippen molar-refractivity contribution in [3.63, 3.8) is 0 Å². The number of aromatic nitrogens is 2. The number of aryl methyl sites for hydroxylation is 1. The van der Waals surface area contributed by atoms with Gasteiger partial charge in [0.2, 0.25) is 12.0 Å². The molecule has 202 valence electrons. The van der Waals surface area contributed by atoms with Crippen molar-refractivity contribution < 1.29 is 23.5 Å². The first-order valence-corrected chi connectivity index (χ1v) is 12.5. The van der Waals surface area contributed by atoms with Gasteiger partial charge in [-0.2, -0.15) is 0 Å². The van der Waals surface area contributed by atoms with Crippen LogP contribution in [0.15, 0.2) is 78.2 Å². The number of benzodiazepines with no additional fused rings is 1. The van der Waals surface area contributed by atoms with Gasteiger partial charge >= 0.3 is 0 Å². The summed E-state index contributed by atoms with van der Waals surface area (Å²) >= 11 is 6.65. The maximum Gasteiger partial charge on any atom is 0.269 e. The molecule has 0 fully saturated rings. The lowest BCUT2D eigenvalue weighted by Crippen LogP contribution is -2.42. The maximum absolute atomic E-state index is 14.2. The van der Waals surface area contributed by atoms with Crippen LogP contribution in [0.3, 0.4) is 0 Å². The molecule has 4 aromatic rings. The Morgan fingerprint density at radius 2 is 1.98 bits per heavy atom. The number of carbonyl (C=O) groups is 2. The fraction of sp³-hybridized carbons (Fsp3) is 0.138. The molecule has 2 N–H and O–H groups in total. The normalized spacial score (nSPS) is 14.3. The Bertz CT molecular complexity index is 1630. The summed E-state index contributed by atoms with van der Waals surface area (Å²) in [6.07, 6.45) is 2.73. The number of benzene rings is 2. The van der Waals surface area contributed by atoms with Crippen molar-refractivity contribution in [2.75, 3.05) is 12.4 Å². The number of hydrogen-bond donors (Lipinski definition) is 2. The predicted molar refractivity (Wildman–Crippen MR) is 147 cm³/mol. The lowest BCUT2D eigenvalue weighted by Gasteiger charge is -2.17. The molecule has 1 unspecified atom stereocenters. The largest absolute Gasteiger partial charge is 0.496 e. The molecular formula is C29H23ClFN5O4. The Kier molecular flexibility index (Phi) is 7.70. The first kappa shape index (κ1) is 26.8. The zero-order valence-electron chi connectivity index (χ0n) is 21.4. The molecular weight excluding hydrogens is 537 g/mol. The summed E-state index contributed by atoms with van der Waals surface area (Å²) in [7, 11) is 1.50. The first-order chi connectivity index (χ1) is 19.3.